The van der Waals surface area contributed by atoms with E-state index in [0.29, 0.717) is 11.5 Å². The smallest absolute Gasteiger partial charge is 0.251 e. The minimum atomic E-state index is -0.111. The lowest BCUT2D eigenvalue weighted by Crippen LogP contribution is -2.41. The van der Waals surface area contributed by atoms with E-state index in [2.05, 4.69) is 10.6 Å². The van der Waals surface area contributed by atoms with Gasteiger partial charge in [-0.15, -0.1) is 0 Å². The second-order valence-corrected chi connectivity index (χ2v) is 5.88. The Morgan fingerprint density at radius 2 is 2.00 bits per heavy atom. The van der Waals surface area contributed by atoms with Crippen LogP contribution >= 0.6 is 0 Å². The quantitative estimate of drug-likeness (QED) is 0.810. The molecule has 1 aromatic rings. The molecule has 0 saturated carbocycles. The van der Waals surface area contributed by atoms with Crippen molar-refractivity contribution in [2.45, 2.75) is 12.8 Å². The van der Waals surface area contributed by atoms with Crippen LogP contribution in [-0.4, -0.2) is 50.4 Å². The van der Waals surface area contributed by atoms with Gasteiger partial charge in [-0.1, -0.05) is 12.1 Å². The summed E-state index contributed by atoms with van der Waals surface area (Å²) in [5, 5.41) is 5.77. The summed E-state index contributed by atoms with van der Waals surface area (Å²) in [6.07, 6.45) is 5.66. The van der Waals surface area contributed by atoms with E-state index < -0.39 is 0 Å². The van der Waals surface area contributed by atoms with Crippen LogP contribution in [0.4, 0.5) is 0 Å². The third-order valence-corrected chi connectivity index (χ3v) is 4.14. The zero-order valence-electron chi connectivity index (χ0n) is 13.8. The second-order valence-electron chi connectivity index (χ2n) is 5.88. The monoisotopic (exact) mass is 315 g/mol. The highest BCUT2D eigenvalue weighted by Gasteiger charge is 2.21. The van der Waals surface area contributed by atoms with Crippen molar-refractivity contribution in [1.82, 2.24) is 15.5 Å². The highest BCUT2D eigenvalue weighted by Crippen LogP contribution is 2.16. The van der Waals surface area contributed by atoms with Gasteiger partial charge in [0.05, 0.1) is 0 Å². The third kappa shape index (κ3) is 4.93. The molecule has 1 aliphatic heterocycles. The van der Waals surface area contributed by atoms with Gasteiger partial charge in [-0.25, -0.2) is 0 Å². The first kappa shape index (κ1) is 17.2. The Morgan fingerprint density at radius 1 is 1.26 bits per heavy atom. The average Bonchev–Trinajstić information content (AvgIpc) is 2.60. The van der Waals surface area contributed by atoms with Crippen LogP contribution in [0, 0.1) is 5.92 Å². The lowest BCUT2D eigenvalue weighted by Gasteiger charge is -2.32. The first-order valence-electron chi connectivity index (χ1n) is 8.07. The molecule has 0 aromatic heterocycles. The van der Waals surface area contributed by atoms with E-state index in [9.17, 15) is 9.59 Å². The number of rotatable bonds is 5. The molecule has 1 saturated heterocycles. The number of nitrogens with one attached hydrogen (secondary N) is 2. The van der Waals surface area contributed by atoms with E-state index in [4.69, 9.17) is 0 Å². The Kier molecular flexibility index (Phi) is 6.35. The number of carbonyl (C=O) groups excluding carboxylic acids is 2. The highest BCUT2D eigenvalue weighted by atomic mass is 16.2. The molecule has 23 heavy (non-hydrogen) atoms. The average molecular weight is 315 g/mol. The van der Waals surface area contributed by atoms with Gasteiger partial charge in [0, 0.05) is 31.8 Å². The zero-order chi connectivity index (χ0) is 16.7. The van der Waals surface area contributed by atoms with Gasteiger partial charge < -0.3 is 15.5 Å². The standard InChI is InChI=1S/C18H25N3O2/c1-19-12-15-4-3-11-21(13-15)17(22)10-7-14-5-8-16(9-6-14)18(23)20-2/h5-10,15,19H,3-4,11-13H2,1-2H3,(H,20,23). The fourth-order valence-electron chi connectivity index (χ4n) is 2.88. The molecule has 2 amide bonds. The summed E-state index contributed by atoms with van der Waals surface area (Å²) < 4.78 is 0. The van der Waals surface area contributed by atoms with Crippen molar-refractivity contribution in [3.8, 4) is 0 Å². The molecule has 5 heteroatoms. The second kappa shape index (κ2) is 8.48. The van der Waals surface area contributed by atoms with Crippen LogP contribution in [0.15, 0.2) is 30.3 Å². The largest absolute Gasteiger partial charge is 0.355 e. The van der Waals surface area contributed by atoms with Crippen LogP contribution < -0.4 is 10.6 Å². The number of amides is 2. The van der Waals surface area contributed by atoms with Crippen molar-refractivity contribution in [2.75, 3.05) is 33.7 Å². The summed E-state index contributed by atoms with van der Waals surface area (Å²) in [7, 11) is 3.55. The van der Waals surface area contributed by atoms with Crippen LogP contribution in [0.5, 0.6) is 0 Å². The van der Waals surface area contributed by atoms with Crippen molar-refractivity contribution in [2.24, 2.45) is 5.92 Å². The molecule has 1 unspecified atom stereocenters. The van der Waals surface area contributed by atoms with Gasteiger partial charge >= 0.3 is 0 Å². The number of benzene rings is 1. The number of piperidine rings is 1. The van der Waals surface area contributed by atoms with Crippen molar-refractivity contribution in [1.29, 1.82) is 0 Å². The zero-order valence-corrected chi connectivity index (χ0v) is 13.8. The van der Waals surface area contributed by atoms with Crippen LogP contribution in [-0.2, 0) is 4.79 Å². The molecule has 1 heterocycles. The molecule has 1 atom stereocenters. The number of likely N-dealkylation sites (tertiary alicyclic amines) is 1. The predicted octanol–water partition coefficient (Wildman–Crippen LogP) is 1.52. The fraction of sp³-hybridized carbons (Fsp3) is 0.444. The Morgan fingerprint density at radius 3 is 2.65 bits per heavy atom. The van der Waals surface area contributed by atoms with Gasteiger partial charge in [0.25, 0.3) is 5.91 Å². The summed E-state index contributed by atoms with van der Waals surface area (Å²) >= 11 is 0. The molecule has 5 nitrogen and oxygen atoms in total. The molecule has 2 rings (SSSR count). The van der Waals surface area contributed by atoms with E-state index in [1.807, 2.05) is 24.1 Å². The maximum Gasteiger partial charge on any atom is 0.251 e. The number of nitrogens with zero attached hydrogens (tertiary/aromatic N) is 1. The molecule has 2 N–H and O–H groups in total. The molecule has 1 aromatic carbocycles. The summed E-state index contributed by atoms with van der Waals surface area (Å²) in [4.78, 5) is 25.7. The Hall–Kier alpha value is -2.14. The number of hydrogen-bond donors (Lipinski definition) is 2. The van der Waals surface area contributed by atoms with Crippen LogP contribution in [0.25, 0.3) is 6.08 Å². The lowest BCUT2D eigenvalue weighted by molar-refractivity contribution is -0.127. The Balaban J connectivity index is 1.93. The molecular formula is C18H25N3O2. The van der Waals surface area contributed by atoms with E-state index in [-0.39, 0.29) is 11.8 Å². The summed E-state index contributed by atoms with van der Waals surface area (Å²) in [6, 6.07) is 7.20. The number of hydrogen-bond acceptors (Lipinski definition) is 3. The molecule has 0 bridgehead atoms. The highest BCUT2D eigenvalue weighted by molar-refractivity contribution is 5.94. The van der Waals surface area contributed by atoms with E-state index in [1.165, 1.54) is 6.42 Å². The molecule has 124 valence electrons. The summed E-state index contributed by atoms with van der Waals surface area (Å²) in [5.74, 6) is 0.486. The van der Waals surface area contributed by atoms with Gasteiger partial charge in [-0.3, -0.25) is 9.59 Å². The van der Waals surface area contributed by atoms with Gasteiger partial charge in [-0.05, 0) is 56.1 Å². The van der Waals surface area contributed by atoms with Gasteiger partial charge in [0.15, 0.2) is 0 Å². The van der Waals surface area contributed by atoms with Crippen LogP contribution in [0.3, 0.4) is 0 Å². The molecule has 1 aliphatic rings. The topological polar surface area (TPSA) is 61.4 Å². The van der Waals surface area contributed by atoms with E-state index in [1.54, 1.807) is 31.3 Å². The van der Waals surface area contributed by atoms with Crippen LogP contribution in [0.2, 0.25) is 0 Å². The maximum atomic E-state index is 12.3. The van der Waals surface area contributed by atoms with Crippen molar-refractivity contribution < 1.29 is 9.59 Å². The van der Waals surface area contributed by atoms with Crippen molar-refractivity contribution in [3.05, 3.63) is 41.5 Å². The minimum Gasteiger partial charge on any atom is -0.355 e. The first-order valence-corrected chi connectivity index (χ1v) is 8.07. The van der Waals surface area contributed by atoms with Crippen LogP contribution in [0.1, 0.15) is 28.8 Å². The normalized spacial score (nSPS) is 18.2. The van der Waals surface area contributed by atoms with Crippen molar-refractivity contribution in [3.63, 3.8) is 0 Å². The predicted molar refractivity (Wildman–Crippen MR) is 92.1 cm³/mol. The van der Waals surface area contributed by atoms with E-state index >= 15 is 0 Å². The SMILES string of the molecule is CNCC1CCCN(C(=O)C=Cc2ccc(C(=O)NC)cc2)C1. The lowest BCUT2D eigenvalue weighted by atomic mass is 9.98. The Labute approximate surface area is 137 Å². The number of carbonyl (C=O) groups is 2. The van der Waals surface area contributed by atoms with Gasteiger partial charge in [0.1, 0.15) is 0 Å². The minimum absolute atomic E-state index is 0.0566. The molecular weight excluding hydrogens is 290 g/mol. The molecule has 0 radical (unpaired) electrons. The third-order valence-electron chi connectivity index (χ3n) is 4.14. The fourth-order valence-corrected chi connectivity index (χ4v) is 2.88. The maximum absolute atomic E-state index is 12.3. The summed E-state index contributed by atoms with van der Waals surface area (Å²) in [6.45, 7) is 2.60. The van der Waals surface area contributed by atoms with Gasteiger partial charge in [0.2, 0.25) is 5.91 Å². The Bertz CT molecular complexity index is 564. The molecule has 1 fully saturated rings. The van der Waals surface area contributed by atoms with E-state index in [0.717, 1.165) is 31.6 Å². The summed E-state index contributed by atoms with van der Waals surface area (Å²) in [5.41, 5.74) is 1.52. The molecule has 0 aliphatic carbocycles. The van der Waals surface area contributed by atoms with Gasteiger partial charge in [-0.2, -0.15) is 0 Å². The van der Waals surface area contributed by atoms with Crippen molar-refractivity contribution >= 4 is 17.9 Å². The first-order chi connectivity index (χ1) is 11.1. The molecule has 0 spiro atoms.